The van der Waals surface area contributed by atoms with Crippen LogP contribution in [-0.2, 0) is 6.61 Å². The lowest BCUT2D eigenvalue weighted by molar-refractivity contribution is -0.466. The topological polar surface area (TPSA) is 102 Å². The Morgan fingerprint density at radius 2 is 2.03 bits per heavy atom. The minimum Gasteiger partial charge on any atom is -0.496 e. The molecule has 2 amide bonds. The highest BCUT2D eigenvalue weighted by Gasteiger charge is 2.18. The zero-order valence-corrected chi connectivity index (χ0v) is 18.2. The number of hydrogen-bond acceptors (Lipinski definition) is 5. The number of pyridine rings is 1. The summed E-state index contributed by atoms with van der Waals surface area (Å²) < 4.78 is 12.5. The van der Waals surface area contributed by atoms with Crippen molar-refractivity contribution in [2.45, 2.75) is 13.5 Å². The molecule has 0 saturated carbocycles. The van der Waals surface area contributed by atoms with Crippen molar-refractivity contribution in [2.75, 3.05) is 19.5 Å². The van der Waals surface area contributed by atoms with Crippen LogP contribution in [-0.4, -0.2) is 29.9 Å². The number of aromatic nitrogens is 1. The number of benzene rings is 2. The first-order valence-corrected chi connectivity index (χ1v) is 9.78. The number of ether oxygens (including phenoxy) is 2. The standard InChI is InChI=1S/C22H22ClN5O3/c1-14-12-15(21-17(23)6-5-11-25-21)9-10-19(14)31-13-16-18(7-4-8-20(16)30-3)26-22(29)28(2)27-24/h4-12,24H,13H2,1-3H3,(H,26,29)/p+1. The molecule has 3 aromatic rings. The van der Waals surface area contributed by atoms with E-state index in [0.717, 1.165) is 15.8 Å². The van der Waals surface area contributed by atoms with Crippen molar-refractivity contribution in [1.82, 2.24) is 4.98 Å². The number of carbonyl (C=O) groups is 1. The first kappa shape index (κ1) is 22.0. The number of aryl methyl sites for hydroxylation is 1. The first-order chi connectivity index (χ1) is 14.9. The molecule has 1 heterocycles. The number of methoxy groups -OCH3 is 1. The third kappa shape index (κ3) is 5.10. The Balaban J connectivity index is 1.84. The van der Waals surface area contributed by atoms with Crippen LogP contribution in [0.1, 0.15) is 11.1 Å². The molecule has 160 valence electrons. The van der Waals surface area contributed by atoms with E-state index in [4.69, 9.17) is 26.9 Å². The Labute approximate surface area is 185 Å². The number of anilines is 1. The summed E-state index contributed by atoms with van der Waals surface area (Å²) in [6.45, 7) is 2.12. The van der Waals surface area contributed by atoms with Gasteiger partial charge in [-0.05, 0) is 55.0 Å². The molecule has 31 heavy (non-hydrogen) atoms. The van der Waals surface area contributed by atoms with Crippen LogP contribution in [0.3, 0.4) is 0 Å². The molecular weight excluding hydrogens is 418 g/mol. The third-order valence-electron chi connectivity index (χ3n) is 4.64. The number of carbonyl (C=O) groups excluding carboxylic acids is 1. The van der Waals surface area contributed by atoms with E-state index in [1.54, 1.807) is 43.6 Å². The summed E-state index contributed by atoms with van der Waals surface area (Å²) in [5, 5.41) is 6.68. The fourth-order valence-corrected chi connectivity index (χ4v) is 3.21. The zero-order valence-electron chi connectivity index (χ0n) is 17.4. The van der Waals surface area contributed by atoms with Gasteiger partial charge in [-0.15, -0.1) is 4.70 Å². The van der Waals surface area contributed by atoms with Gasteiger partial charge in [0.15, 0.2) is 0 Å². The van der Waals surface area contributed by atoms with Gasteiger partial charge >= 0.3 is 6.03 Å². The fourth-order valence-electron chi connectivity index (χ4n) is 2.98. The largest absolute Gasteiger partial charge is 0.496 e. The Kier molecular flexibility index (Phi) is 7.04. The predicted molar refractivity (Wildman–Crippen MR) is 119 cm³/mol. The predicted octanol–water partition coefficient (Wildman–Crippen LogP) is 4.80. The lowest BCUT2D eigenvalue weighted by atomic mass is 10.1. The number of amides is 2. The summed E-state index contributed by atoms with van der Waals surface area (Å²) in [5.41, 5.74) is 3.74. The van der Waals surface area contributed by atoms with E-state index < -0.39 is 6.03 Å². The summed E-state index contributed by atoms with van der Waals surface area (Å²) in [6.07, 6.45) is 1.70. The highest BCUT2D eigenvalue weighted by molar-refractivity contribution is 6.33. The van der Waals surface area contributed by atoms with E-state index in [9.17, 15) is 4.79 Å². The van der Waals surface area contributed by atoms with Gasteiger partial charge in [-0.1, -0.05) is 17.7 Å². The molecule has 0 radical (unpaired) electrons. The van der Waals surface area contributed by atoms with E-state index >= 15 is 0 Å². The molecule has 2 aromatic carbocycles. The monoisotopic (exact) mass is 440 g/mol. The lowest BCUT2D eigenvalue weighted by Crippen LogP contribution is -2.23. The van der Waals surface area contributed by atoms with E-state index in [1.165, 1.54) is 7.05 Å². The number of nitrogens with two attached hydrogens (primary N) is 1. The van der Waals surface area contributed by atoms with Crippen LogP contribution < -0.4 is 20.6 Å². The molecule has 0 aliphatic carbocycles. The Bertz CT molecular complexity index is 1130. The van der Waals surface area contributed by atoms with Crippen LogP contribution in [0, 0.1) is 6.92 Å². The molecule has 1 aromatic heterocycles. The highest BCUT2D eigenvalue weighted by Crippen LogP contribution is 2.32. The van der Waals surface area contributed by atoms with Gasteiger partial charge in [0.05, 0.1) is 30.4 Å². The van der Waals surface area contributed by atoms with Crippen LogP contribution >= 0.6 is 11.6 Å². The number of hydrogen-bond donors (Lipinski definition) is 2. The van der Waals surface area contributed by atoms with Crippen molar-refractivity contribution in [3.63, 3.8) is 0 Å². The minimum absolute atomic E-state index is 0.174. The van der Waals surface area contributed by atoms with Gasteiger partial charge in [0.2, 0.25) is 0 Å². The maximum atomic E-state index is 12.2. The zero-order chi connectivity index (χ0) is 22.4. The summed E-state index contributed by atoms with van der Waals surface area (Å²) in [7, 11) is 3.01. The van der Waals surface area contributed by atoms with Crippen LogP contribution in [0.15, 0.2) is 60.0 Å². The molecule has 8 nitrogen and oxygen atoms in total. The van der Waals surface area contributed by atoms with Crippen molar-refractivity contribution >= 4 is 23.3 Å². The van der Waals surface area contributed by atoms with Gasteiger partial charge < -0.3 is 9.47 Å². The minimum atomic E-state index is -0.482. The van der Waals surface area contributed by atoms with Gasteiger partial charge in [-0.25, -0.2) is 16.0 Å². The highest BCUT2D eigenvalue weighted by atomic mass is 35.5. The van der Waals surface area contributed by atoms with Gasteiger partial charge in [0, 0.05) is 17.0 Å². The quantitative estimate of drug-likeness (QED) is 0.248. The van der Waals surface area contributed by atoms with Crippen LogP contribution in [0.2, 0.25) is 5.02 Å². The van der Waals surface area contributed by atoms with E-state index in [2.05, 4.69) is 15.5 Å². The van der Waals surface area contributed by atoms with E-state index in [-0.39, 0.29) is 6.61 Å². The molecule has 0 unspecified atom stereocenters. The Morgan fingerprint density at radius 1 is 1.23 bits per heavy atom. The molecular formula is C22H23ClN5O3+. The molecule has 0 saturated heterocycles. The van der Waals surface area contributed by atoms with Gasteiger partial charge in [-0.3, -0.25) is 4.98 Å². The van der Waals surface area contributed by atoms with Crippen molar-refractivity contribution in [2.24, 2.45) is 11.1 Å². The summed E-state index contributed by atoms with van der Waals surface area (Å²) in [6, 6.07) is 14.2. The molecule has 3 N–H and O–H groups in total. The molecule has 0 bridgehead atoms. The molecule has 0 atom stereocenters. The Morgan fingerprint density at radius 3 is 2.71 bits per heavy atom. The van der Waals surface area contributed by atoms with Crippen LogP contribution in [0.25, 0.3) is 11.3 Å². The third-order valence-corrected chi connectivity index (χ3v) is 4.95. The van der Waals surface area contributed by atoms with Crippen LogP contribution in [0.4, 0.5) is 10.5 Å². The fraction of sp³-hybridized carbons (Fsp3) is 0.182. The first-order valence-electron chi connectivity index (χ1n) is 9.40. The normalized spacial score (nSPS) is 11.2. The SMILES string of the molecule is COc1cccc(NC(=O)/[N+](C)=N\N)c1COc1ccc(-c2ncccc2Cl)cc1C. The van der Waals surface area contributed by atoms with Gasteiger partial charge in [-0.2, -0.15) is 0 Å². The van der Waals surface area contributed by atoms with E-state index in [0.29, 0.717) is 33.5 Å². The Hall–Kier alpha value is -3.65. The van der Waals surface area contributed by atoms with E-state index in [1.807, 2.05) is 25.1 Å². The number of nitrogens with one attached hydrogen (secondary N) is 1. The molecule has 3 rings (SSSR count). The average molecular weight is 441 g/mol. The molecule has 0 fully saturated rings. The van der Waals surface area contributed by atoms with Crippen molar-refractivity contribution in [1.29, 1.82) is 0 Å². The number of nitrogens with zero attached hydrogens (tertiary/aromatic N) is 3. The number of halogens is 1. The maximum absolute atomic E-state index is 12.2. The second kappa shape index (κ2) is 9.90. The van der Waals surface area contributed by atoms with Crippen molar-refractivity contribution < 1.29 is 19.0 Å². The maximum Gasteiger partial charge on any atom is 0.459 e. The second-order valence-electron chi connectivity index (χ2n) is 6.66. The van der Waals surface area contributed by atoms with Crippen molar-refractivity contribution in [3.8, 4) is 22.8 Å². The molecule has 0 aliphatic rings. The average Bonchev–Trinajstić information content (AvgIpc) is 2.78. The smallest absolute Gasteiger partial charge is 0.459 e. The second-order valence-corrected chi connectivity index (χ2v) is 7.07. The summed E-state index contributed by atoms with van der Waals surface area (Å²) >= 11 is 6.26. The lowest BCUT2D eigenvalue weighted by Gasteiger charge is -2.15. The molecule has 0 aliphatic heterocycles. The number of rotatable bonds is 6. The molecule has 9 heteroatoms. The van der Waals surface area contributed by atoms with Crippen molar-refractivity contribution in [3.05, 3.63) is 70.9 Å². The summed E-state index contributed by atoms with van der Waals surface area (Å²) in [4.78, 5) is 16.5. The van der Waals surface area contributed by atoms with Crippen LogP contribution in [0.5, 0.6) is 11.5 Å². The summed E-state index contributed by atoms with van der Waals surface area (Å²) in [5.74, 6) is 6.43. The number of urea groups is 1. The molecule has 0 spiro atoms. The van der Waals surface area contributed by atoms with Gasteiger partial charge in [0.1, 0.15) is 23.8 Å². The van der Waals surface area contributed by atoms with Gasteiger partial charge in [0.25, 0.3) is 0 Å².